The molecule has 0 fully saturated rings. The van der Waals surface area contributed by atoms with Crippen LogP contribution in [0.4, 0.5) is 0 Å². The molecule has 2 aromatic carbocycles. The van der Waals surface area contributed by atoms with Gasteiger partial charge in [-0.3, -0.25) is 9.59 Å². The van der Waals surface area contributed by atoms with Crippen molar-refractivity contribution in [1.82, 2.24) is 10.3 Å². The molecule has 3 aromatic rings. The second kappa shape index (κ2) is 6.74. The summed E-state index contributed by atoms with van der Waals surface area (Å²) in [4.78, 5) is 27.5. The molecule has 3 atom stereocenters. The van der Waals surface area contributed by atoms with Gasteiger partial charge < -0.3 is 15.4 Å². The molecule has 4 rings (SSSR count). The summed E-state index contributed by atoms with van der Waals surface area (Å²) in [7, 11) is 0. The van der Waals surface area contributed by atoms with Crippen molar-refractivity contribution in [3.05, 3.63) is 70.4 Å². The van der Waals surface area contributed by atoms with E-state index in [0.29, 0.717) is 17.1 Å². The lowest BCUT2D eigenvalue weighted by atomic mass is 9.86. The number of fused-ring (bicyclic) bond motifs is 2. The number of hydrogen-bond acceptors (Lipinski definition) is 2. The molecule has 1 amide bonds. The summed E-state index contributed by atoms with van der Waals surface area (Å²) in [6.07, 6.45) is 0.621. The summed E-state index contributed by atoms with van der Waals surface area (Å²) in [6, 6.07) is 14.7. The maximum Gasteiger partial charge on any atom is 0.306 e. The van der Waals surface area contributed by atoms with Gasteiger partial charge in [0.15, 0.2) is 0 Å². The number of aromatic amines is 1. The average Bonchev–Trinajstić information content (AvgIpc) is 3.21. The van der Waals surface area contributed by atoms with Gasteiger partial charge in [-0.05, 0) is 41.8 Å². The fraction of sp³-hybridized carbons (Fsp3) is 0.238. The van der Waals surface area contributed by atoms with Crippen molar-refractivity contribution in [2.45, 2.75) is 25.3 Å². The molecule has 1 aromatic heterocycles. The molecule has 1 aliphatic rings. The molecule has 6 heteroatoms. The predicted octanol–water partition coefficient (Wildman–Crippen LogP) is 3.98. The Morgan fingerprint density at radius 1 is 1.22 bits per heavy atom. The number of aliphatic carboxylic acids is 1. The van der Waals surface area contributed by atoms with E-state index in [1.54, 1.807) is 25.1 Å². The largest absolute Gasteiger partial charge is 0.481 e. The van der Waals surface area contributed by atoms with E-state index in [9.17, 15) is 14.7 Å². The van der Waals surface area contributed by atoms with Gasteiger partial charge in [0.25, 0.3) is 5.91 Å². The number of carbonyl (C=O) groups excluding carboxylic acids is 1. The van der Waals surface area contributed by atoms with Gasteiger partial charge >= 0.3 is 5.97 Å². The number of amides is 1. The van der Waals surface area contributed by atoms with Crippen LogP contribution in [0.5, 0.6) is 0 Å². The minimum absolute atomic E-state index is 0.247. The van der Waals surface area contributed by atoms with Crippen molar-refractivity contribution < 1.29 is 14.7 Å². The lowest BCUT2D eigenvalue weighted by molar-refractivity contribution is -0.142. The molecule has 0 saturated heterocycles. The molecule has 1 heterocycles. The van der Waals surface area contributed by atoms with E-state index in [-0.39, 0.29) is 17.9 Å². The first kappa shape index (κ1) is 17.6. The van der Waals surface area contributed by atoms with E-state index < -0.39 is 11.9 Å². The zero-order valence-corrected chi connectivity index (χ0v) is 15.5. The van der Waals surface area contributed by atoms with E-state index in [0.717, 1.165) is 22.0 Å². The first-order valence-electron chi connectivity index (χ1n) is 8.84. The maximum absolute atomic E-state index is 12.8. The fourth-order valence-electron chi connectivity index (χ4n) is 4.01. The number of aromatic nitrogens is 1. The third-order valence-electron chi connectivity index (χ3n) is 5.36. The maximum atomic E-state index is 12.8. The number of rotatable bonds is 4. The van der Waals surface area contributed by atoms with Crippen LogP contribution in [-0.2, 0) is 11.2 Å². The number of H-pyrrole nitrogens is 1. The third kappa shape index (κ3) is 3.19. The Labute approximate surface area is 161 Å². The quantitative estimate of drug-likeness (QED) is 0.638. The summed E-state index contributed by atoms with van der Waals surface area (Å²) in [6.45, 7) is 1.69. The molecule has 1 aliphatic carbocycles. The minimum atomic E-state index is -0.865. The molecule has 27 heavy (non-hydrogen) atoms. The fourth-order valence-corrected chi connectivity index (χ4v) is 4.19. The number of halogens is 1. The zero-order chi connectivity index (χ0) is 19.1. The van der Waals surface area contributed by atoms with Crippen LogP contribution in [0.1, 0.15) is 34.5 Å². The molecule has 0 saturated carbocycles. The SMILES string of the molecule is CC(C(=O)O)[C@@H]1c2ccccc2C[C@H]1NC(=O)c1cc2cc(Cl)ccc2[nH]1. The van der Waals surface area contributed by atoms with Crippen LogP contribution in [-0.4, -0.2) is 28.0 Å². The zero-order valence-electron chi connectivity index (χ0n) is 14.7. The van der Waals surface area contributed by atoms with Crippen LogP contribution in [0.3, 0.4) is 0 Å². The van der Waals surface area contributed by atoms with E-state index in [1.165, 1.54) is 0 Å². The van der Waals surface area contributed by atoms with Crippen molar-refractivity contribution in [1.29, 1.82) is 0 Å². The molecule has 0 spiro atoms. The number of benzene rings is 2. The van der Waals surface area contributed by atoms with Crippen molar-refractivity contribution in [3.8, 4) is 0 Å². The standard InChI is InChI=1S/C21H19ClN2O3/c1-11(21(26)27)19-15-5-3-2-4-12(15)9-17(19)24-20(25)18-10-13-8-14(22)6-7-16(13)23-18/h2-8,10-11,17,19,23H,9H2,1H3,(H,24,25)(H,26,27)/t11?,17-,19-/m1/s1. The van der Waals surface area contributed by atoms with E-state index in [4.69, 9.17) is 11.6 Å². The lowest BCUT2D eigenvalue weighted by Crippen LogP contribution is -2.41. The van der Waals surface area contributed by atoms with E-state index in [2.05, 4.69) is 10.3 Å². The molecule has 0 radical (unpaired) electrons. The molecule has 5 nitrogen and oxygen atoms in total. The van der Waals surface area contributed by atoms with Crippen LogP contribution >= 0.6 is 11.6 Å². The highest BCUT2D eigenvalue weighted by molar-refractivity contribution is 6.31. The number of carboxylic acid groups (broad SMARTS) is 1. The Morgan fingerprint density at radius 3 is 2.78 bits per heavy atom. The summed E-state index contributed by atoms with van der Waals surface area (Å²) < 4.78 is 0. The average molecular weight is 383 g/mol. The summed E-state index contributed by atoms with van der Waals surface area (Å²) in [5.74, 6) is -1.97. The summed E-state index contributed by atoms with van der Waals surface area (Å²) in [5, 5.41) is 14.0. The Balaban J connectivity index is 1.62. The third-order valence-corrected chi connectivity index (χ3v) is 5.59. The highest BCUT2D eigenvalue weighted by atomic mass is 35.5. The molecule has 1 unspecified atom stereocenters. The predicted molar refractivity (Wildman–Crippen MR) is 104 cm³/mol. The Hall–Kier alpha value is -2.79. The van der Waals surface area contributed by atoms with Crippen molar-refractivity contribution >= 4 is 34.4 Å². The van der Waals surface area contributed by atoms with Gasteiger partial charge in [0.2, 0.25) is 0 Å². The van der Waals surface area contributed by atoms with Gasteiger partial charge in [-0.15, -0.1) is 0 Å². The highest BCUT2D eigenvalue weighted by Gasteiger charge is 2.39. The van der Waals surface area contributed by atoms with Crippen molar-refractivity contribution in [2.24, 2.45) is 5.92 Å². The highest BCUT2D eigenvalue weighted by Crippen LogP contribution is 2.38. The number of nitrogens with one attached hydrogen (secondary N) is 2. The van der Waals surface area contributed by atoms with Gasteiger partial charge in [0.05, 0.1) is 5.92 Å². The molecule has 3 N–H and O–H groups in total. The minimum Gasteiger partial charge on any atom is -0.481 e. The number of hydrogen-bond donors (Lipinski definition) is 3. The smallest absolute Gasteiger partial charge is 0.306 e. The Bertz CT molecular complexity index is 1040. The Kier molecular flexibility index (Phi) is 4.40. The normalized spacial score (nSPS) is 19.6. The molecule has 138 valence electrons. The van der Waals surface area contributed by atoms with Crippen LogP contribution < -0.4 is 5.32 Å². The monoisotopic (exact) mass is 382 g/mol. The summed E-state index contributed by atoms with van der Waals surface area (Å²) >= 11 is 6.01. The van der Waals surface area contributed by atoms with Gasteiger partial charge in [-0.1, -0.05) is 42.8 Å². The first-order chi connectivity index (χ1) is 12.9. The van der Waals surface area contributed by atoms with Gasteiger partial charge in [0, 0.05) is 27.9 Å². The van der Waals surface area contributed by atoms with E-state index >= 15 is 0 Å². The van der Waals surface area contributed by atoms with Gasteiger partial charge in [0.1, 0.15) is 5.69 Å². The number of carbonyl (C=O) groups is 2. The second-order valence-electron chi connectivity index (χ2n) is 7.05. The molecular weight excluding hydrogens is 364 g/mol. The molecule has 0 aliphatic heterocycles. The topological polar surface area (TPSA) is 82.2 Å². The Morgan fingerprint density at radius 2 is 2.00 bits per heavy atom. The van der Waals surface area contributed by atoms with Crippen LogP contribution in [0.15, 0.2) is 48.5 Å². The molecular formula is C21H19ClN2O3. The van der Waals surface area contributed by atoms with Gasteiger partial charge in [-0.2, -0.15) is 0 Å². The van der Waals surface area contributed by atoms with Crippen LogP contribution in [0.25, 0.3) is 10.9 Å². The van der Waals surface area contributed by atoms with Crippen LogP contribution in [0, 0.1) is 5.92 Å². The lowest BCUT2D eigenvalue weighted by Gasteiger charge is -2.25. The van der Waals surface area contributed by atoms with Crippen molar-refractivity contribution in [3.63, 3.8) is 0 Å². The molecule has 0 bridgehead atoms. The van der Waals surface area contributed by atoms with E-state index in [1.807, 2.05) is 30.3 Å². The first-order valence-corrected chi connectivity index (χ1v) is 9.21. The summed E-state index contributed by atoms with van der Waals surface area (Å²) in [5.41, 5.74) is 3.35. The second-order valence-corrected chi connectivity index (χ2v) is 7.49. The van der Waals surface area contributed by atoms with Crippen molar-refractivity contribution in [2.75, 3.05) is 0 Å². The van der Waals surface area contributed by atoms with Gasteiger partial charge in [-0.25, -0.2) is 0 Å². The number of carboxylic acids is 1. The van der Waals surface area contributed by atoms with Crippen LogP contribution in [0.2, 0.25) is 5.02 Å².